The Hall–Kier alpha value is -4.92. The Morgan fingerprint density at radius 2 is 1.68 bits per heavy atom. The number of hydrogen-bond donors (Lipinski definition) is 2. The Balaban J connectivity index is 1.38. The molecule has 2 aromatic heterocycles. The number of fused-ring (bicyclic) bond motifs is 1. The van der Waals surface area contributed by atoms with E-state index in [9.17, 15) is 27.9 Å². The van der Waals surface area contributed by atoms with E-state index in [0.717, 1.165) is 34.2 Å². The third-order valence-electron chi connectivity index (χ3n) is 7.52. The SMILES string of the molecule is O=C(O)c1ccc(C2(NC(=O)c3cc(-c4cccnc4)cc4ccn(Cc5ccc(C(F)(F)F)cc5)c34)CC2)cc1. The second-order valence-corrected chi connectivity index (χ2v) is 10.3. The van der Waals surface area contributed by atoms with Gasteiger partial charge in [0.15, 0.2) is 0 Å². The van der Waals surface area contributed by atoms with Crippen LogP contribution in [0.5, 0.6) is 0 Å². The first-order valence-electron chi connectivity index (χ1n) is 13.0. The number of nitrogens with zero attached hydrogens (tertiary/aromatic N) is 2. The van der Waals surface area contributed by atoms with Gasteiger partial charge in [-0.05, 0) is 78.1 Å². The minimum absolute atomic E-state index is 0.169. The molecule has 2 heterocycles. The summed E-state index contributed by atoms with van der Waals surface area (Å²) >= 11 is 0. The van der Waals surface area contributed by atoms with Gasteiger partial charge < -0.3 is 15.0 Å². The summed E-state index contributed by atoms with van der Waals surface area (Å²) in [5, 5.41) is 13.2. The highest BCUT2D eigenvalue weighted by molar-refractivity contribution is 6.08. The highest BCUT2D eigenvalue weighted by Gasteiger charge is 2.46. The molecule has 206 valence electrons. The van der Waals surface area contributed by atoms with E-state index in [-0.39, 0.29) is 18.0 Å². The van der Waals surface area contributed by atoms with Crippen LogP contribution < -0.4 is 5.32 Å². The summed E-state index contributed by atoms with van der Waals surface area (Å²) in [4.78, 5) is 29.4. The maximum atomic E-state index is 13.9. The number of carbonyl (C=O) groups is 2. The molecule has 1 amide bonds. The minimum Gasteiger partial charge on any atom is -0.478 e. The molecule has 1 saturated carbocycles. The molecule has 5 aromatic rings. The van der Waals surface area contributed by atoms with Crippen LogP contribution in [0.25, 0.3) is 22.0 Å². The van der Waals surface area contributed by atoms with Gasteiger partial charge in [0, 0.05) is 36.1 Å². The standard InChI is InChI=1S/C32H24F3N3O3/c33-32(34,35)26-7-3-20(4-8-26)19-38-15-11-22-16-24(23-2-1-14-36-18-23)17-27(28(22)38)29(39)37-31(12-13-31)25-9-5-21(6-10-25)30(40)41/h1-11,14-18H,12-13,19H2,(H,37,39)(H,40,41). The normalized spacial score (nSPS) is 14.1. The largest absolute Gasteiger partial charge is 0.478 e. The third kappa shape index (κ3) is 5.18. The highest BCUT2D eigenvalue weighted by Crippen LogP contribution is 2.46. The van der Waals surface area contributed by atoms with Crippen molar-refractivity contribution in [2.45, 2.75) is 31.1 Å². The fourth-order valence-electron chi connectivity index (χ4n) is 5.18. The van der Waals surface area contributed by atoms with Crippen molar-refractivity contribution in [3.63, 3.8) is 0 Å². The van der Waals surface area contributed by atoms with Crippen molar-refractivity contribution < 1.29 is 27.9 Å². The number of rotatable bonds is 7. The molecule has 0 bridgehead atoms. The van der Waals surface area contributed by atoms with E-state index in [1.807, 2.05) is 41.1 Å². The van der Waals surface area contributed by atoms with Crippen LogP contribution in [0.1, 0.15) is 50.2 Å². The molecule has 0 spiro atoms. The Morgan fingerprint density at radius 3 is 2.29 bits per heavy atom. The van der Waals surface area contributed by atoms with E-state index in [0.29, 0.717) is 29.5 Å². The molecule has 6 rings (SSSR count). The molecule has 3 aromatic carbocycles. The summed E-state index contributed by atoms with van der Waals surface area (Å²) in [6.07, 6.45) is 2.21. The zero-order chi connectivity index (χ0) is 28.8. The number of amides is 1. The fraction of sp³-hybridized carbons (Fsp3) is 0.156. The third-order valence-corrected chi connectivity index (χ3v) is 7.52. The van der Waals surface area contributed by atoms with E-state index >= 15 is 0 Å². The first kappa shape index (κ1) is 26.3. The number of nitrogens with one attached hydrogen (secondary N) is 1. The van der Waals surface area contributed by atoms with Gasteiger partial charge in [-0.2, -0.15) is 13.2 Å². The van der Waals surface area contributed by atoms with Gasteiger partial charge in [-0.3, -0.25) is 9.78 Å². The summed E-state index contributed by atoms with van der Waals surface area (Å²) in [6.45, 7) is 0.274. The van der Waals surface area contributed by atoms with Crippen molar-refractivity contribution in [3.05, 3.63) is 125 Å². The molecular formula is C32H24F3N3O3. The molecule has 1 aliphatic rings. The van der Waals surface area contributed by atoms with E-state index in [1.165, 1.54) is 24.3 Å². The summed E-state index contributed by atoms with van der Waals surface area (Å²) < 4.78 is 41.1. The number of aromatic nitrogens is 2. The van der Waals surface area contributed by atoms with Gasteiger partial charge >= 0.3 is 12.1 Å². The van der Waals surface area contributed by atoms with Crippen molar-refractivity contribution in [2.24, 2.45) is 0 Å². The predicted molar refractivity (Wildman–Crippen MR) is 147 cm³/mol. The number of carboxylic acids is 1. The van der Waals surface area contributed by atoms with Crippen LogP contribution in [0, 0.1) is 0 Å². The Bertz CT molecular complexity index is 1760. The lowest BCUT2D eigenvalue weighted by molar-refractivity contribution is -0.137. The van der Waals surface area contributed by atoms with Gasteiger partial charge in [0.1, 0.15) is 0 Å². The highest BCUT2D eigenvalue weighted by atomic mass is 19.4. The number of alkyl halides is 3. The van der Waals surface area contributed by atoms with Crippen LogP contribution in [0.15, 0.2) is 97.5 Å². The lowest BCUT2D eigenvalue weighted by Crippen LogP contribution is -2.35. The summed E-state index contributed by atoms with van der Waals surface area (Å²) in [5.41, 5.74) is 3.07. The van der Waals surface area contributed by atoms with Crippen molar-refractivity contribution in [3.8, 4) is 11.1 Å². The van der Waals surface area contributed by atoms with Crippen molar-refractivity contribution in [1.82, 2.24) is 14.9 Å². The maximum absolute atomic E-state index is 13.9. The zero-order valence-corrected chi connectivity index (χ0v) is 21.7. The first-order valence-corrected chi connectivity index (χ1v) is 13.0. The number of hydrogen-bond acceptors (Lipinski definition) is 3. The van der Waals surface area contributed by atoms with E-state index in [4.69, 9.17) is 0 Å². The molecule has 0 saturated heterocycles. The molecule has 9 heteroatoms. The van der Waals surface area contributed by atoms with Crippen LogP contribution in [0.3, 0.4) is 0 Å². The number of carboxylic acid groups (broad SMARTS) is 1. The number of benzene rings is 3. The first-order chi connectivity index (χ1) is 19.6. The number of aromatic carboxylic acids is 1. The average molecular weight is 556 g/mol. The van der Waals surface area contributed by atoms with Gasteiger partial charge in [0.25, 0.3) is 5.91 Å². The molecule has 1 fully saturated rings. The number of pyridine rings is 1. The molecule has 0 atom stereocenters. The van der Waals surface area contributed by atoms with Crippen LogP contribution in [0.4, 0.5) is 13.2 Å². The number of carbonyl (C=O) groups excluding carboxylic acids is 1. The van der Waals surface area contributed by atoms with Crippen LogP contribution in [-0.4, -0.2) is 26.5 Å². The monoisotopic (exact) mass is 555 g/mol. The molecule has 0 radical (unpaired) electrons. The predicted octanol–water partition coefficient (Wildman–Crippen LogP) is 6.89. The second-order valence-electron chi connectivity index (χ2n) is 10.3. The van der Waals surface area contributed by atoms with Gasteiger partial charge in [-0.1, -0.05) is 30.3 Å². The van der Waals surface area contributed by atoms with E-state index in [2.05, 4.69) is 10.3 Å². The topological polar surface area (TPSA) is 84.2 Å². The molecule has 2 N–H and O–H groups in total. The summed E-state index contributed by atoms with van der Waals surface area (Å²) in [6, 6.07) is 20.9. The van der Waals surface area contributed by atoms with E-state index < -0.39 is 23.2 Å². The van der Waals surface area contributed by atoms with Gasteiger partial charge in [0.2, 0.25) is 0 Å². The lowest BCUT2D eigenvalue weighted by Gasteiger charge is -2.20. The Morgan fingerprint density at radius 1 is 0.951 bits per heavy atom. The lowest BCUT2D eigenvalue weighted by atomic mass is 9.99. The van der Waals surface area contributed by atoms with Gasteiger partial charge in [-0.25, -0.2) is 4.79 Å². The molecular weight excluding hydrogens is 531 g/mol. The van der Waals surface area contributed by atoms with Crippen molar-refractivity contribution in [2.75, 3.05) is 0 Å². The van der Waals surface area contributed by atoms with Crippen LogP contribution >= 0.6 is 0 Å². The van der Waals surface area contributed by atoms with Crippen LogP contribution in [-0.2, 0) is 18.3 Å². The van der Waals surface area contributed by atoms with Gasteiger partial charge in [-0.15, -0.1) is 0 Å². The Labute approximate surface area is 233 Å². The number of halogens is 3. The Kier molecular flexibility index (Phi) is 6.37. The molecule has 41 heavy (non-hydrogen) atoms. The molecule has 0 aliphatic heterocycles. The quantitative estimate of drug-likeness (QED) is 0.229. The summed E-state index contributed by atoms with van der Waals surface area (Å²) in [5.74, 6) is -1.32. The van der Waals surface area contributed by atoms with Crippen molar-refractivity contribution >= 4 is 22.8 Å². The molecule has 0 unspecified atom stereocenters. The fourth-order valence-corrected chi connectivity index (χ4v) is 5.18. The molecule has 1 aliphatic carbocycles. The average Bonchev–Trinajstić information content (AvgIpc) is 3.64. The van der Waals surface area contributed by atoms with Crippen LogP contribution in [0.2, 0.25) is 0 Å². The molecule has 6 nitrogen and oxygen atoms in total. The smallest absolute Gasteiger partial charge is 0.416 e. The second kappa shape index (κ2) is 9.92. The van der Waals surface area contributed by atoms with Crippen molar-refractivity contribution in [1.29, 1.82) is 0 Å². The van der Waals surface area contributed by atoms with Gasteiger partial charge in [0.05, 0.1) is 27.7 Å². The minimum atomic E-state index is -4.42. The zero-order valence-electron chi connectivity index (χ0n) is 21.7. The summed E-state index contributed by atoms with van der Waals surface area (Å²) in [7, 11) is 0. The maximum Gasteiger partial charge on any atom is 0.416 e. The van der Waals surface area contributed by atoms with E-state index in [1.54, 1.807) is 24.5 Å².